The number of amides is 3. The van der Waals surface area contributed by atoms with E-state index in [0.717, 1.165) is 11.3 Å². The fourth-order valence-electron chi connectivity index (χ4n) is 4.32. The van der Waals surface area contributed by atoms with Crippen LogP contribution in [0.2, 0.25) is 5.02 Å². The molecule has 30 heavy (non-hydrogen) atoms. The van der Waals surface area contributed by atoms with Crippen molar-refractivity contribution in [1.29, 1.82) is 0 Å². The van der Waals surface area contributed by atoms with E-state index < -0.39 is 12.2 Å². The molecule has 0 aromatic heterocycles. The lowest BCUT2D eigenvalue weighted by molar-refractivity contribution is -0.140. The van der Waals surface area contributed by atoms with Gasteiger partial charge in [-0.25, -0.2) is 9.69 Å². The van der Waals surface area contributed by atoms with E-state index in [0.29, 0.717) is 18.2 Å². The number of hydrogen-bond acceptors (Lipinski definition) is 7. The molecule has 1 aromatic carbocycles. The van der Waals surface area contributed by atoms with Crippen LogP contribution < -0.4 is 5.32 Å². The van der Waals surface area contributed by atoms with Crippen molar-refractivity contribution in [1.82, 2.24) is 25.0 Å². The molecule has 3 aliphatic rings. The molecule has 9 nitrogen and oxygen atoms in total. The molecular weight excluding hydrogens is 408 g/mol. The highest BCUT2D eigenvalue weighted by molar-refractivity contribution is 6.30. The molecule has 4 rings (SSSR count). The van der Waals surface area contributed by atoms with Crippen LogP contribution in [-0.4, -0.2) is 89.2 Å². The lowest BCUT2D eigenvalue weighted by Crippen LogP contribution is -2.67. The minimum absolute atomic E-state index is 0.0424. The van der Waals surface area contributed by atoms with Crippen LogP contribution in [-0.2, 0) is 16.1 Å². The molecule has 1 N–H and O–H groups in total. The molecule has 4 unspecified atom stereocenters. The molecular formula is C20H27ClN6O3. The second-order valence-electron chi connectivity index (χ2n) is 7.89. The summed E-state index contributed by atoms with van der Waals surface area (Å²) in [6.45, 7) is 5.29. The Balaban J connectivity index is 1.63. The van der Waals surface area contributed by atoms with E-state index in [1.807, 2.05) is 31.0 Å². The summed E-state index contributed by atoms with van der Waals surface area (Å²) in [5.41, 5.74) is 1.77. The number of ether oxygens (including phenoxy) is 1. The van der Waals surface area contributed by atoms with Crippen LogP contribution in [0, 0.1) is 0 Å². The van der Waals surface area contributed by atoms with Crippen LogP contribution in [0.15, 0.2) is 29.4 Å². The van der Waals surface area contributed by atoms with E-state index in [-0.39, 0.29) is 30.8 Å². The summed E-state index contributed by atoms with van der Waals surface area (Å²) in [6, 6.07) is 6.31. The SMILES string of the molecule is COCCN1N=C(C)C(C)N2C3C(=O)N(Cc4ccc(Cl)cc4)C(=O)N(C)C3NC12. The first-order valence-corrected chi connectivity index (χ1v) is 10.4. The van der Waals surface area contributed by atoms with Crippen molar-refractivity contribution in [3.05, 3.63) is 34.9 Å². The molecule has 0 spiro atoms. The van der Waals surface area contributed by atoms with Crippen molar-refractivity contribution in [3.63, 3.8) is 0 Å². The number of methoxy groups -OCH3 is 1. The minimum atomic E-state index is -0.504. The lowest BCUT2D eigenvalue weighted by atomic mass is 10.0. The molecule has 3 amide bonds. The monoisotopic (exact) mass is 434 g/mol. The van der Waals surface area contributed by atoms with Crippen molar-refractivity contribution in [2.24, 2.45) is 5.10 Å². The predicted molar refractivity (Wildman–Crippen MR) is 113 cm³/mol. The number of imide groups is 1. The van der Waals surface area contributed by atoms with E-state index in [9.17, 15) is 9.59 Å². The number of halogens is 1. The lowest BCUT2D eigenvalue weighted by Gasteiger charge is -2.45. The van der Waals surface area contributed by atoms with Gasteiger partial charge in [0.2, 0.25) is 0 Å². The molecule has 3 aliphatic heterocycles. The average Bonchev–Trinajstić information content (AvgIpc) is 3.14. The number of carbonyl (C=O) groups excluding carboxylic acids is 2. The van der Waals surface area contributed by atoms with Crippen LogP contribution in [0.5, 0.6) is 0 Å². The number of hydrazone groups is 1. The topological polar surface area (TPSA) is 80.7 Å². The second kappa shape index (κ2) is 8.14. The summed E-state index contributed by atoms with van der Waals surface area (Å²) < 4.78 is 5.22. The van der Waals surface area contributed by atoms with E-state index in [1.54, 1.807) is 31.2 Å². The van der Waals surface area contributed by atoms with E-state index in [2.05, 4.69) is 10.2 Å². The summed E-state index contributed by atoms with van der Waals surface area (Å²) in [4.78, 5) is 31.6. The number of nitrogens with one attached hydrogen (secondary N) is 1. The maximum absolute atomic E-state index is 13.5. The Hall–Kier alpha value is -2.20. The molecule has 4 atom stereocenters. The van der Waals surface area contributed by atoms with Crippen molar-refractivity contribution in [3.8, 4) is 0 Å². The van der Waals surface area contributed by atoms with Crippen molar-refractivity contribution in [2.45, 2.75) is 44.9 Å². The Bertz CT molecular complexity index is 863. The summed E-state index contributed by atoms with van der Waals surface area (Å²) >= 11 is 5.97. The van der Waals surface area contributed by atoms with Gasteiger partial charge in [0.15, 0.2) is 6.29 Å². The summed E-state index contributed by atoms with van der Waals surface area (Å²) in [5, 5.41) is 10.6. The van der Waals surface area contributed by atoms with Gasteiger partial charge in [-0.2, -0.15) is 5.10 Å². The fraction of sp³-hybridized carbons (Fsp3) is 0.550. The van der Waals surface area contributed by atoms with Gasteiger partial charge in [0, 0.05) is 19.2 Å². The predicted octanol–water partition coefficient (Wildman–Crippen LogP) is 1.34. The molecule has 1 aromatic rings. The Morgan fingerprint density at radius 1 is 1.23 bits per heavy atom. The Morgan fingerprint density at radius 2 is 1.93 bits per heavy atom. The average molecular weight is 435 g/mol. The number of urea groups is 1. The first-order chi connectivity index (χ1) is 14.3. The van der Waals surface area contributed by atoms with Gasteiger partial charge in [0.1, 0.15) is 12.2 Å². The molecule has 0 saturated carbocycles. The maximum Gasteiger partial charge on any atom is 0.328 e. The third-order valence-electron chi connectivity index (χ3n) is 6.09. The van der Waals surface area contributed by atoms with E-state index >= 15 is 0 Å². The Labute approximate surface area is 181 Å². The highest BCUT2D eigenvalue weighted by atomic mass is 35.5. The van der Waals surface area contributed by atoms with Gasteiger partial charge in [0.05, 0.1) is 31.4 Å². The summed E-state index contributed by atoms with van der Waals surface area (Å²) in [5.74, 6) is -0.207. The van der Waals surface area contributed by atoms with Gasteiger partial charge >= 0.3 is 6.03 Å². The third kappa shape index (κ3) is 3.45. The van der Waals surface area contributed by atoms with Crippen molar-refractivity contribution >= 4 is 29.3 Å². The number of carbonyl (C=O) groups is 2. The van der Waals surface area contributed by atoms with E-state index in [4.69, 9.17) is 21.4 Å². The molecule has 2 fully saturated rings. The van der Waals surface area contributed by atoms with Crippen LogP contribution in [0.4, 0.5) is 4.79 Å². The van der Waals surface area contributed by atoms with Crippen molar-refractivity contribution < 1.29 is 14.3 Å². The van der Waals surface area contributed by atoms with Crippen molar-refractivity contribution in [2.75, 3.05) is 27.3 Å². The molecule has 10 heteroatoms. The second-order valence-corrected chi connectivity index (χ2v) is 8.33. The van der Waals surface area contributed by atoms with Crippen LogP contribution in [0.25, 0.3) is 0 Å². The van der Waals surface area contributed by atoms with Gasteiger partial charge in [-0.1, -0.05) is 23.7 Å². The molecule has 3 heterocycles. The van der Waals surface area contributed by atoms with Gasteiger partial charge in [0.25, 0.3) is 5.91 Å². The summed E-state index contributed by atoms with van der Waals surface area (Å²) in [7, 11) is 3.37. The van der Waals surface area contributed by atoms with Crippen LogP contribution in [0.3, 0.4) is 0 Å². The third-order valence-corrected chi connectivity index (χ3v) is 6.34. The maximum atomic E-state index is 13.5. The first kappa shape index (κ1) is 21.0. The molecule has 162 valence electrons. The smallest absolute Gasteiger partial charge is 0.328 e. The summed E-state index contributed by atoms with van der Waals surface area (Å²) in [6.07, 6.45) is -0.714. The minimum Gasteiger partial charge on any atom is -0.383 e. The van der Waals surface area contributed by atoms with E-state index in [1.165, 1.54) is 4.90 Å². The Kier molecular flexibility index (Phi) is 5.71. The first-order valence-electron chi connectivity index (χ1n) is 10.00. The highest BCUT2D eigenvalue weighted by Crippen LogP contribution is 2.33. The largest absolute Gasteiger partial charge is 0.383 e. The van der Waals surface area contributed by atoms with Gasteiger partial charge in [-0.05, 0) is 31.5 Å². The fourth-order valence-corrected chi connectivity index (χ4v) is 4.44. The highest BCUT2D eigenvalue weighted by Gasteiger charge is 2.57. The number of likely N-dealkylation sites (N-methyl/N-ethyl adjacent to an activating group) is 1. The Morgan fingerprint density at radius 3 is 2.60 bits per heavy atom. The quantitative estimate of drug-likeness (QED) is 0.753. The molecule has 0 bridgehead atoms. The van der Waals surface area contributed by atoms with Crippen LogP contribution >= 0.6 is 11.6 Å². The number of nitrogens with zero attached hydrogens (tertiary/aromatic N) is 5. The number of hydrogen-bond donors (Lipinski definition) is 1. The molecule has 2 saturated heterocycles. The zero-order chi connectivity index (χ0) is 21.6. The van der Waals surface area contributed by atoms with Gasteiger partial charge in [-0.3, -0.25) is 20.0 Å². The van der Waals surface area contributed by atoms with Gasteiger partial charge < -0.3 is 9.64 Å². The normalized spacial score (nSPS) is 29.2. The molecule has 0 aliphatic carbocycles. The van der Waals surface area contributed by atoms with Crippen LogP contribution in [0.1, 0.15) is 19.4 Å². The number of benzene rings is 1. The number of fused-ring (bicyclic) bond motifs is 3. The number of rotatable bonds is 5. The standard InChI is InChI=1S/C20H27ClN6O3/c1-12-13(2)27-16-17(22-19(27)26(23-12)9-10-30-4)24(3)20(29)25(18(16)28)11-14-5-7-15(21)8-6-14/h5-8,13,16-17,19,22H,9-11H2,1-4H3. The molecule has 0 radical (unpaired) electrons. The van der Waals surface area contributed by atoms with Gasteiger partial charge in [-0.15, -0.1) is 0 Å². The zero-order valence-electron chi connectivity index (χ0n) is 17.6. The zero-order valence-corrected chi connectivity index (χ0v) is 18.3.